The van der Waals surface area contributed by atoms with Crippen molar-refractivity contribution in [2.45, 2.75) is 38.5 Å². The van der Waals surface area contributed by atoms with Gasteiger partial charge in [0.1, 0.15) is 12.7 Å². The Labute approximate surface area is 164 Å². The second-order valence-electron chi connectivity index (χ2n) is 6.57. The van der Waals surface area contributed by atoms with Gasteiger partial charge in [0.15, 0.2) is 18.5 Å². The van der Waals surface area contributed by atoms with Crippen LogP contribution in [0.3, 0.4) is 0 Å². The van der Waals surface area contributed by atoms with Gasteiger partial charge in [-0.2, -0.15) is 0 Å². The molecule has 1 aromatic carbocycles. The first-order chi connectivity index (χ1) is 13.8. The summed E-state index contributed by atoms with van der Waals surface area (Å²) < 4.78 is 31.4. The van der Waals surface area contributed by atoms with Gasteiger partial charge >= 0.3 is 17.6 Å². The van der Waals surface area contributed by atoms with Crippen LogP contribution in [-0.4, -0.2) is 46.5 Å². The van der Waals surface area contributed by atoms with Crippen molar-refractivity contribution in [2.24, 2.45) is 0 Å². The topological polar surface area (TPSA) is 117 Å². The average Bonchev–Trinajstić information content (AvgIpc) is 2.96. The smallest absolute Gasteiger partial charge is 0.338 e. The molecular weight excluding hydrogens is 387 g/mol. The van der Waals surface area contributed by atoms with Crippen LogP contribution in [0.1, 0.15) is 29.1 Å². The number of esters is 2. The molecule has 0 unspecified atom stereocenters. The Morgan fingerprint density at radius 1 is 1.21 bits per heavy atom. The van der Waals surface area contributed by atoms with Crippen LogP contribution in [0.15, 0.2) is 46.1 Å². The van der Waals surface area contributed by atoms with Gasteiger partial charge in [-0.25, -0.2) is 14.0 Å². The van der Waals surface area contributed by atoms with E-state index in [-0.39, 0.29) is 5.56 Å². The third-order valence-electron chi connectivity index (χ3n) is 4.36. The molecule has 154 valence electrons. The van der Waals surface area contributed by atoms with E-state index in [0.717, 1.165) is 29.3 Å². The van der Waals surface area contributed by atoms with Gasteiger partial charge in [-0.1, -0.05) is 17.7 Å². The van der Waals surface area contributed by atoms with E-state index in [4.69, 9.17) is 14.2 Å². The first kappa shape index (κ1) is 20.5. The molecule has 0 bridgehead atoms. The second-order valence-corrected chi connectivity index (χ2v) is 6.57. The van der Waals surface area contributed by atoms with E-state index in [9.17, 15) is 23.6 Å². The molecule has 2 aromatic rings. The number of nitrogens with one attached hydrogen (secondary N) is 1. The Kier molecular flexibility index (Phi) is 5.92. The highest BCUT2D eigenvalue weighted by Crippen LogP contribution is 2.33. The molecule has 3 rings (SSSR count). The Balaban J connectivity index is 1.76. The fourth-order valence-electron chi connectivity index (χ4n) is 2.93. The van der Waals surface area contributed by atoms with Gasteiger partial charge in [0.05, 0.1) is 5.56 Å². The standard InChI is InChI=1S/C19H19FN2O7/c1-10-3-5-12(6-4-10)18(25)27-9-13-15(20)16(28-11(2)23)17(29-13)22-8-7-14(24)21-19(22)26/h3-8,13,15-17H,9H2,1-2H3,(H,21,24,26)/t13-,15-,16-,17-/m1/s1. The molecular formula is C19H19FN2O7. The van der Waals surface area contributed by atoms with E-state index in [1.165, 1.54) is 0 Å². The SMILES string of the molecule is CC(=O)O[C@@H]1[C@H](F)[C@@H](COC(=O)c2ccc(C)cc2)O[C@H]1n1ccc(=O)[nH]c1=O. The Hall–Kier alpha value is -3.27. The summed E-state index contributed by atoms with van der Waals surface area (Å²) in [5.41, 5.74) is -0.255. The van der Waals surface area contributed by atoms with Gasteiger partial charge in [0, 0.05) is 19.2 Å². The zero-order valence-corrected chi connectivity index (χ0v) is 15.7. The van der Waals surface area contributed by atoms with E-state index in [2.05, 4.69) is 0 Å². The summed E-state index contributed by atoms with van der Waals surface area (Å²) >= 11 is 0. The zero-order chi connectivity index (χ0) is 21.1. The number of carbonyl (C=O) groups is 2. The molecule has 10 heteroatoms. The molecule has 0 amide bonds. The van der Waals surface area contributed by atoms with Crippen molar-refractivity contribution >= 4 is 11.9 Å². The summed E-state index contributed by atoms with van der Waals surface area (Å²) in [6, 6.07) is 7.66. The normalized spacial score (nSPS) is 23.6. The maximum Gasteiger partial charge on any atom is 0.338 e. The predicted molar refractivity (Wildman–Crippen MR) is 97.1 cm³/mol. The average molecular weight is 406 g/mol. The quantitative estimate of drug-likeness (QED) is 0.732. The first-order valence-corrected chi connectivity index (χ1v) is 8.78. The van der Waals surface area contributed by atoms with Crippen LogP contribution in [0.5, 0.6) is 0 Å². The van der Waals surface area contributed by atoms with Crippen molar-refractivity contribution in [1.29, 1.82) is 0 Å². The van der Waals surface area contributed by atoms with Gasteiger partial charge in [0.25, 0.3) is 5.56 Å². The highest BCUT2D eigenvalue weighted by molar-refractivity contribution is 5.89. The fraction of sp³-hybridized carbons (Fsp3) is 0.368. The van der Waals surface area contributed by atoms with E-state index in [0.29, 0.717) is 0 Å². The lowest BCUT2D eigenvalue weighted by atomic mass is 10.1. The number of hydrogen-bond acceptors (Lipinski definition) is 7. The number of benzene rings is 1. The molecule has 1 aliphatic rings. The zero-order valence-electron chi connectivity index (χ0n) is 15.7. The third kappa shape index (κ3) is 4.60. The summed E-state index contributed by atoms with van der Waals surface area (Å²) in [4.78, 5) is 48.8. The maximum absolute atomic E-state index is 14.9. The van der Waals surface area contributed by atoms with E-state index < -0.39 is 54.4 Å². The summed E-state index contributed by atoms with van der Waals surface area (Å²) in [5, 5.41) is 0. The summed E-state index contributed by atoms with van der Waals surface area (Å²) in [7, 11) is 0. The monoisotopic (exact) mass is 406 g/mol. The van der Waals surface area contributed by atoms with Crippen molar-refractivity contribution < 1.29 is 28.2 Å². The Morgan fingerprint density at radius 3 is 2.52 bits per heavy atom. The summed E-state index contributed by atoms with van der Waals surface area (Å²) in [6.07, 6.45) is -4.83. The van der Waals surface area contributed by atoms with Crippen LogP contribution >= 0.6 is 0 Å². The van der Waals surface area contributed by atoms with Crippen LogP contribution in [0.4, 0.5) is 4.39 Å². The fourth-order valence-corrected chi connectivity index (χ4v) is 2.93. The van der Waals surface area contributed by atoms with Crippen molar-refractivity contribution in [1.82, 2.24) is 9.55 Å². The van der Waals surface area contributed by atoms with Crippen LogP contribution < -0.4 is 11.2 Å². The number of rotatable bonds is 5. The van der Waals surface area contributed by atoms with E-state index in [1.54, 1.807) is 24.3 Å². The number of ether oxygens (including phenoxy) is 3. The van der Waals surface area contributed by atoms with Crippen LogP contribution in [0.2, 0.25) is 0 Å². The molecule has 2 heterocycles. The minimum atomic E-state index is -1.87. The van der Waals surface area contributed by atoms with E-state index >= 15 is 0 Å². The largest absolute Gasteiger partial charge is 0.459 e. The lowest BCUT2D eigenvalue weighted by Crippen LogP contribution is -2.38. The molecule has 9 nitrogen and oxygen atoms in total. The Morgan fingerprint density at radius 2 is 1.90 bits per heavy atom. The Bertz CT molecular complexity index is 1010. The molecule has 1 fully saturated rings. The molecule has 0 saturated carbocycles. The minimum absolute atomic E-state index is 0.286. The highest BCUT2D eigenvalue weighted by atomic mass is 19.1. The van der Waals surface area contributed by atoms with Crippen molar-refractivity contribution in [3.8, 4) is 0 Å². The summed E-state index contributed by atoms with van der Waals surface area (Å²) in [6.45, 7) is 2.49. The lowest BCUT2D eigenvalue weighted by Gasteiger charge is -2.20. The van der Waals surface area contributed by atoms with Crippen molar-refractivity contribution in [3.05, 3.63) is 68.5 Å². The second kappa shape index (κ2) is 8.39. The molecule has 0 aliphatic carbocycles. The molecule has 1 aliphatic heterocycles. The number of hydrogen-bond donors (Lipinski definition) is 1. The number of halogens is 1. The number of nitrogens with zero attached hydrogens (tertiary/aromatic N) is 1. The van der Waals surface area contributed by atoms with Crippen LogP contribution in [0.25, 0.3) is 0 Å². The third-order valence-corrected chi connectivity index (χ3v) is 4.36. The van der Waals surface area contributed by atoms with Gasteiger partial charge in [0.2, 0.25) is 0 Å². The van der Waals surface area contributed by atoms with Gasteiger partial charge in [-0.3, -0.25) is 19.1 Å². The van der Waals surface area contributed by atoms with Crippen molar-refractivity contribution in [3.63, 3.8) is 0 Å². The van der Waals surface area contributed by atoms with Gasteiger partial charge in [-0.15, -0.1) is 0 Å². The first-order valence-electron chi connectivity index (χ1n) is 8.78. The lowest BCUT2D eigenvalue weighted by molar-refractivity contribution is -0.154. The van der Waals surface area contributed by atoms with Gasteiger partial charge in [-0.05, 0) is 19.1 Å². The summed E-state index contributed by atoms with van der Waals surface area (Å²) in [5.74, 6) is -1.45. The number of H-pyrrole nitrogens is 1. The maximum atomic E-state index is 14.9. The van der Waals surface area contributed by atoms with Crippen molar-refractivity contribution in [2.75, 3.05) is 6.61 Å². The molecule has 1 saturated heterocycles. The number of carbonyl (C=O) groups excluding carboxylic acids is 2. The predicted octanol–water partition coefficient (Wildman–Crippen LogP) is 0.869. The van der Waals surface area contributed by atoms with Gasteiger partial charge < -0.3 is 14.2 Å². The molecule has 0 spiro atoms. The minimum Gasteiger partial charge on any atom is -0.459 e. The highest BCUT2D eigenvalue weighted by Gasteiger charge is 2.49. The van der Waals surface area contributed by atoms with Crippen LogP contribution in [0, 0.1) is 6.92 Å². The van der Waals surface area contributed by atoms with Crippen LogP contribution in [-0.2, 0) is 19.0 Å². The molecule has 29 heavy (non-hydrogen) atoms. The van der Waals surface area contributed by atoms with E-state index in [1.807, 2.05) is 11.9 Å². The number of alkyl halides is 1. The molecule has 1 aromatic heterocycles. The molecule has 1 N–H and O–H groups in total. The number of aromatic nitrogens is 2. The molecule has 4 atom stereocenters. The number of aromatic amines is 1. The number of aryl methyl sites for hydroxylation is 1. The molecule has 0 radical (unpaired) electrons.